The molecule has 2 nitrogen and oxygen atoms in total. The molecular formula is C25H46O2Si2. The van der Waals surface area contributed by atoms with Gasteiger partial charge in [0.2, 0.25) is 0 Å². The van der Waals surface area contributed by atoms with E-state index in [2.05, 4.69) is 105 Å². The molecule has 4 heteroatoms. The van der Waals surface area contributed by atoms with Crippen LogP contribution in [0.15, 0.2) is 41.6 Å². The van der Waals surface area contributed by atoms with E-state index < -0.39 is 16.4 Å². The van der Waals surface area contributed by atoms with Crippen molar-refractivity contribution in [1.82, 2.24) is 0 Å². The standard InChI is InChI=1S/C25H46O2Si2/c1-20(17-22(3)28(7,8)9)24(27-29(10,11)25(4,5)6)21(2)18-26-19-23-15-13-12-14-16-23/h12-17,20-21,24H,18-19H2,1-11H3/b22-17+/t20-,21-,24+/m0/s1. The van der Waals surface area contributed by atoms with E-state index >= 15 is 0 Å². The van der Waals surface area contributed by atoms with Crippen LogP contribution in [0.25, 0.3) is 0 Å². The van der Waals surface area contributed by atoms with Crippen molar-refractivity contribution in [3.8, 4) is 0 Å². The first kappa shape index (κ1) is 26.3. The van der Waals surface area contributed by atoms with Crippen molar-refractivity contribution in [2.75, 3.05) is 6.61 Å². The Labute approximate surface area is 183 Å². The SMILES string of the molecule is C/C(=C\[C@H](C)[C@@H](O[Si](C)(C)C(C)(C)C)[C@@H](C)COCc1ccccc1)[Si](C)(C)C. The molecule has 0 aliphatic heterocycles. The van der Waals surface area contributed by atoms with E-state index in [1.54, 1.807) is 5.20 Å². The second-order valence-electron chi connectivity index (χ2n) is 11.3. The lowest BCUT2D eigenvalue weighted by Gasteiger charge is -2.42. The van der Waals surface area contributed by atoms with E-state index in [9.17, 15) is 0 Å². The molecule has 1 aromatic rings. The molecule has 0 unspecified atom stereocenters. The molecule has 0 aliphatic rings. The summed E-state index contributed by atoms with van der Waals surface area (Å²) in [5.41, 5.74) is 1.23. The zero-order valence-electron chi connectivity index (χ0n) is 20.9. The second kappa shape index (κ2) is 10.6. The fourth-order valence-corrected chi connectivity index (χ4v) is 5.27. The number of allylic oxidation sites excluding steroid dienone is 1. The van der Waals surface area contributed by atoms with E-state index in [1.807, 2.05) is 6.07 Å². The van der Waals surface area contributed by atoms with Crippen LogP contribution in [-0.2, 0) is 15.8 Å². The van der Waals surface area contributed by atoms with Gasteiger partial charge in [-0.1, -0.05) is 95.9 Å². The van der Waals surface area contributed by atoms with E-state index in [4.69, 9.17) is 9.16 Å². The summed E-state index contributed by atoms with van der Waals surface area (Å²) in [5.74, 6) is 0.722. The topological polar surface area (TPSA) is 18.5 Å². The van der Waals surface area contributed by atoms with Gasteiger partial charge < -0.3 is 9.16 Å². The monoisotopic (exact) mass is 434 g/mol. The van der Waals surface area contributed by atoms with Crippen LogP contribution in [0.2, 0.25) is 37.8 Å². The van der Waals surface area contributed by atoms with Crippen LogP contribution in [0, 0.1) is 11.8 Å². The molecule has 0 aromatic heterocycles. The second-order valence-corrected chi connectivity index (χ2v) is 21.3. The van der Waals surface area contributed by atoms with Crippen LogP contribution in [0.3, 0.4) is 0 Å². The van der Waals surface area contributed by atoms with Gasteiger partial charge in [-0.2, -0.15) is 0 Å². The molecular weight excluding hydrogens is 388 g/mol. The minimum Gasteiger partial charge on any atom is -0.413 e. The Bertz CT molecular complexity index is 639. The maximum Gasteiger partial charge on any atom is 0.192 e. The van der Waals surface area contributed by atoms with E-state index in [-0.39, 0.29) is 11.1 Å². The van der Waals surface area contributed by atoms with Gasteiger partial charge in [0, 0.05) is 5.92 Å². The summed E-state index contributed by atoms with van der Waals surface area (Å²) < 4.78 is 13.1. The van der Waals surface area contributed by atoms with Crippen molar-refractivity contribution in [1.29, 1.82) is 0 Å². The highest BCUT2D eigenvalue weighted by molar-refractivity contribution is 6.82. The Kier molecular flexibility index (Phi) is 9.60. The number of hydrogen-bond acceptors (Lipinski definition) is 2. The third kappa shape index (κ3) is 8.52. The Morgan fingerprint density at radius 3 is 2.03 bits per heavy atom. The van der Waals surface area contributed by atoms with Crippen molar-refractivity contribution in [3.63, 3.8) is 0 Å². The Morgan fingerprint density at radius 2 is 1.55 bits per heavy atom. The highest BCUT2D eigenvalue weighted by Gasteiger charge is 2.41. The third-order valence-electron chi connectivity index (χ3n) is 6.50. The zero-order valence-corrected chi connectivity index (χ0v) is 22.9. The van der Waals surface area contributed by atoms with Crippen LogP contribution >= 0.6 is 0 Å². The van der Waals surface area contributed by atoms with Gasteiger partial charge in [0.1, 0.15) is 0 Å². The van der Waals surface area contributed by atoms with Crippen LogP contribution in [-0.4, -0.2) is 29.1 Å². The molecule has 0 heterocycles. The van der Waals surface area contributed by atoms with Crippen molar-refractivity contribution in [2.24, 2.45) is 11.8 Å². The normalized spacial score (nSPS) is 17.1. The fraction of sp³-hybridized carbons (Fsp3) is 0.680. The molecule has 3 atom stereocenters. The Balaban J connectivity index is 2.96. The maximum atomic E-state index is 6.97. The summed E-state index contributed by atoms with van der Waals surface area (Å²) in [4.78, 5) is 0. The van der Waals surface area contributed by atoms with Gasteiger partial charge in [0.05, 0.1) is 27.4 Å². The van der Waals surface area contributed by atoms with Gasteiger partial charge >= 0.3 is 0 Å². The van der Waals surface area contributed by atoms with Gasteiger partial charge in [-0.25, -0.2) is 0 Å². The third-order valence-corrected chi connectivity index (χ3v) is 13.5. The van der Waals surface area contributed by atoms with Gasteiger partial charge in [-0.15, -0.1) is 0 Å². The lowest BCUT2D eigenvalue weighted by molar-refractivity contribution is 0.0194. The lowest BCUT2D eigenvalue weighted by atomic mass is 9.93. The first-order valence-electron chi connectivity index (χ1n) is 11.1. The number of hydrogen-bond donors (Lipinski definition) is 0. The van der Waals surface area contributed by atoms with Gasteiger partial charge in [-0.05, 0) is 36.5 Å². The predicted molar refractivity (Wildman–Crippen MR) is 134 cm³/mol. The summed E-state index contributed by atoms with van der Waals surface area (Å²) in [6.07, 6.45) is 2.66. The van der Waals surface area contributed by atoms with Crippen LogP contribution in [0.4, 0.5) is 0 Å². The fourth-order valence-electron chi connectivity index (χ4n) is 3.03. The summed E-state index contributed by atoms with van der Waals surface area (Å²) in [5, 5.41) is 1.76. The van der Waals surface area contributed by atoms with Gasteiger partial charge in [0.15, 0.2) is 8.32 Å². The number of rotatable bonds is 10. The molecule has 1 aromatic carbocycles. The molecule has 0 amide bonds. The molecule has 0 saturated carbocycles. The molecule has 1 rings (SSSR count). The first-order valence-corrected chi connectivity index (χ1v) is 17.5. The molecule has 0 N–H and O–H groups in total. The van der Waals surface area contributed by atoms with Crippen LogP contribution in [0.5, 0.6) is 0 Å². The van der Waals surface area contributed by atoms with Crippen molar-refractivity contribution in [3.05, 3.63) is 47.2 Å². The average Bonchev–Trinajstić information content (AvgIpc) is 2.58. The highest BCUT2D eigenvalue weighted by Crippen LogP contribution is 2.39. The van der Waals surface area contributed by atoms with Crippen LogP contribution < -0.4 is 0 Å². The largest absolute Gasteiger partial charge is 0.413 e. The number of benzene rings is 1. The predicted octanol–water partition coefficient (Wildman–Crippen LogP) is 7.69. The van der Waals surface area contributed by atoms with Gasteiger partial charge in [0.25, 0.3) is 0 Å². The van der Waals surface area contributed by atoms with E-state index in [0.717, 1.165) is 6.61 Å². The molecule has 0 saturated heterocycles. The first-order chi connectivity index (χ1) is 13.1. The Hall–Kier alpha value is -0.686. The summed E-state index contributed by atoms with van der Waals surface area (Å²) in [7, 11) is -3.15. The van der Waals surface area contributed by atoms with Crippen molar-refractivity contribution in [2.45, 2.75) is 92.0 Å². The summed E-state index contributed by atoms with van der Waals surface area (Å²) in [6.45, 7) is 27.2. The van der Waals surface area contributed by atoms with E-state index in [1.165, 1.54) is 5.56 Å². The zero-order chi connectivity index (χ0) is 22.5. The van der Waals surface area contributed by atoms with Gasteiger partial charge in [-0.3, -0.25) is 0 Å². The van der Waals surface area contributed by atoms with Crippen molar-refractivity contribution < 1.29 is 9.16 Å². The van der Waals surface area contributed by atoms with Crippen molar-refractivity contribution >= 4 is 16.4 Å². The number of ether oxygens (including phenoxy) is 1. The highest BCUT2D eigenvalue weighted by atomic mass is 28.4. The van der Waals surface area contributed by atoms with E-state index in [0.29, 0.717) is 18.4 Å². The lowest BCUT2D eigenvalue weighted by Crippen LogP contribution is -2.48. The average molecular weight is 435 g/mol. The molecule has 0 bridgehead atoms. The quantitative estimate of drug-likeness (QED) is 0.351. The molecule has 29 heavy (non-hydrogen) atoms. The minimum absolute atomic E-state index is 0.179. The smallest absolute Gasteiger partial charge is 0.192 e. The van der Waals surface area contributed by atoms with Crippen LogP contribution in [0.1, 0.15) is 47.1 Å². The summed E-state index contributed by atoms with van der Waals surface area (Å²) in [6, 6.07) is 10.4. The molecule has 166 valence electrons. The Morgan fingerprint density at radius 1 is 1.00 bits per heavy atom. The molecule has 0 radical (unpaired) electrons. The molecule has 0 spiro atoms. The summed E-state index contributed by atoms with van der Waals surface area (Å²) >= 11 is 0. The molecule has 0 fully saturated rings. The molecule has 0 aliphatic carbocycles. The maximum absolute atomic E-state index is 6.97. The minimum atomic E-state index is -1.87.